The minimum atomic E-state index is -0.489. The molecule has 4 heterocycles. The third-order valence-corrected chi connectivity index (χ3v) is 6.64. The molecular formula is C25H26FN7O2. The fraction of sp³-hybridized carbons (Fsp3) is 0.400. The van der Waals surface area contributed by atoms with Gasteiger partial charge in [-0.3, -0.25) is 14.3 Å². The van der Waals surface area contributed by atoms with E-state index in [9.17, 15) is 14.4 Å². The van der Waals surface area contributed by atoms with Gasteiger partial charge in [0.05, 0.1) is 41.4 Å². The van der Waals surface area contributed by atoms with E-state index >= 15 is 0 Å². The van der Waals surface area contributed by atoms with Crippen LogP contribution < -0.4 is 4.90 Å². The number of amides is 1. The molecule has 180 valence electrons. The van der Waals surface area contributed by atoms with Crippen molar-refractivity contribution in [2.24, 2.45) is 13.0 Å². The Labute approximate surface area is 202 Å². The van der Waals surface area contributed by atoms with Crippen molar-refractivity contribution in [1.82, 2.24) is 24.8 Å². The van der Waals surface area contributed by atoms with Gasteiger partial charge in [-0.25, -0.2) is 19.4 Å². The lowest BCUT2D eigenvalue weighted by molar-refractivity contribution is -0.182. The highest BCUT2D eigenvalue weighted by molar-refractivity contribution is 5.79. The van der Waals surface area contributed by atoms with E-state index in [2.05, 4.69) is 20.0 Å². The molecule has 0 radical (unpaired) electrons. The van der Waals surface area contributed by atoms with Crippen molar-refractivity contribution < 1.29 is 14.0 Å². The maximum absolute atomic E-state index is 14.0. The second kappa shape index (κ2) is 9.43. The number of nitriles is 1. The zero-order valence-electron chi connectivity index (χ0n) is 19.7. The number of anilines is 1. The summed E-state index contributed by atoms with van der Waals surface area (Å²) in [6.07, 6.45) is 3.43. The van der Waals surface area contributed by atoms with Crippen LogP contribution in [0.25, 0.3) is 11.4 Å². The van der Waals surface area contributed by atoms with Gasteiger partial charge >= 0.3 is 0 Å². The number of piperidine rings is 1. The van der Waals surface area contributed by atoms with E-state index in [0.717, 1.165) is 22.9 Å². The van der Waals surface area contributed by atoms with Gasteiger partial charge in [0.1, 0.15) is 18.0 Å². The zero-order chi connectivity index (χ0) is 24.5. The van der Waals surface area contributed by atoms with Crippen LogP contribution in [0.15, 0.2) is 36.7 Å². The van der Waals surface area contributed by atoms with E-state index in [1.165, 1.54) is 17.2 Å². The molecule has 2 aromatic heterocycles. The summed E-state index contributed by atoms with van der Waals surface area (Å²) in [5, 5.41) is 15.0. The van der Waals surface area contributed by atoms with Crippen LogP contribution in [-0.4, -0.2) is 50.4 Å². The molecule has 5 rings (SSSR count). The van der Waals surface area contributed by atoms with Gasteiger partial charge in [-0.05, 0) is 49.6 Å². The first kappa shape index (κ1) is 22.9. The quantitative estimate of drug-likeness (QED) is 0.571. The van der Waals surface area contributed by atoms with E-state index in [1.807, 2.05) is 32.2 Å². The predicted octanol–water partition coefficient (Wildman–Crippen LogP) is 3.32. The number of carbonyl (C=O) groups is 1. The summed E-state index contributed by atoms with van der Waals surface area (Å²) in [5.41, 5.74) is 3.47. The van der Waals surface area contributed by atoms with Gasteiger partial charge in [0, 0.05) is 38.5 Å². The fourth-order valence-corrected chi connectivity index (χ4v) is 4.90. The van der Waals surface area contributed by atoms with Gasteiger partial charge in [-0.1, -0.05) is 0 Å². The van der Waals surface area contributed by atoms with Crippen LogP contribution in [0.4, 0.5) is 10.2 Å². The number of carbonyl (C=O) groups excluding carboxylic acids is 1. The number of hydrogen-bond acceptors (Lipinski definition) is 7. The average molecular weight is 476 g/mol. The van der Waals surface area contributed by atoms with Crippen LogP contribution in [-0.2, 0) is 16.7 Å². The molecule has 2 aliphatic heterocycles. The summed E-state index contributed by atoms with van der Waals surface area (Å²) in [6, 6.07) is 9.71. The van der Waals surface area contributed by atoms with Crippen molar-refractivity contribution in [2.45, 2.75) is 32.2 Å². The van der Waals surface area contributed by atoms with Crippen LogP contribution in [0.5, 0.6) is 0 Å². The highest BCUT2D eigenvalue weighted by Gasteiger charge is 2.37. The summed E-state index contributed by atoms with van der Waals surface area (Å²) in [4.78, 5) is 30.0. The molecule has 0 saturated carbocycles. The smallest absolute Gasteiger partial charge is 0.249 e. The second-order valence-corrected chi connectivity index (χ2v) is 9.00. The van der Waals surface area contributed by atoms with E-state index < -0.39 is 11.9 Å². The Bertz CT molecular complexity index is 1290. The van der Waals surface area contributed by atoms with Crippen molar-refractivity contribution in [3.05, 3.63) is 59.3 Å². The van der Waals surface area contributed by atoms with Crippen LogP contribution in [0, 0.1) is 30.0 Å². The average Bonchev–Trinajstić information content (AvgIpc) is 3.49. The number of benzene rings is 1. The van der Waals surface area contributed by atoms with Crippen LogP contribution in [0.2, 0.25) is 0 Å². The molecule has 0 spiro atoms. The maximum Gasteiger partial charge on any atom is 0.249 e. The first-order valence-corrected chi connectivity index (χ1v) is 11.7. The molecule has 0 unspecified atom stereocenters. The molecule has 2 saturated heterocycles. The Morgan fingerprint density at radius 2 is 1.94 bits per heavy atom. The summed E-state index contributed by atoms with van der Waals surface area (Å²) < 4.78 is 15.8. The first-order valence-electron chi connectivity index (χ1n) is 11.7. The van der Waals surface area contributed by atoms with E-state index in [0.29, 0.717) is 44.5 Å². The van der Waals surface area contributed by atoms with Crippen LogP contribution in [0.3, 0.4) is 0 Å². The maximum atomic E-state index is 14.0. The summed E-state index contributed by atoms with van der Waals surface area (Å²) in [7, 11) is 1.89. The van der Waals surface area contributed by atoms with Crippen molar-refractivity contribution in [3.63, 3.8) is 0 Å². The number of halogens is 1. The summed E-state index contributed by atoms with van der Waals surface area (Å²) in [5.74, 6) is 0.0385. The topological polar surface area (TPSA) is 100 Å². The Hall–Kier alpha value is -3.84. The van der Waals surface area contributed by atoms with Gasteiger partial charge < -0.3 is 4.90 Å². The second-order valence-electron chi connectivity index (χ2n) is 9.00. The predicted molar refractivity (Wildman–Crippen MR) is 125 cm³/mol. The number of aryl methyl sites for hydroxylation is 2. The van der Waals surface area contributed by atoms with Gasteiger partial charge in [0.2, 0.25) is 5.91 Å². The first-order chi connectivity index (χ1) is 16.9. The largest absolute Gasteiger partial charge is 0.356 e. The Morgan fingerprint density at radius 1 is 1.14 bits per heavy atom. The van der Waals surface area contributed by atoms with E-state index in [-0.39, 0.29) is 17.4 Å². The lowest BCUT2D eigenvalue weighted by Gasteiger charge is -2.34. The fourth-order valence-electron chi connectivity index (χ4n) is 4.90. The van der Waals surface area contributed by atoms with E-state index in [1.54, 1.807) is 17.1 Å². The SMILES string of the molecule is Cc1cc(-c2cc(N3CCC(C(=O)N4OCC[C@H]4c4cc(F)cc(C#N)c4)CC3)ncn2)n(C)n1. The van der Waals surface area contributed by atoms with Gasteiger partial charge in [-0.15, -0.1) is 0 Å². The van der Waals surface area contributed by atoms with E-state index in [4.69, 9.17) is 4.84 Å². The molecule has 9 nitrogen and oxygen atoms in total. The normalized spacial score (nSPS) is 18.6. The molecule has 3 aromatic rings. The molecular weight excluding hydrogens is 449 g/mol. The molecule has 35 heavy (non-hydrogen) atoms. The highest BCUT2D eigenvalue weighted by Crippen LogP contribution is 2.35. The Kier molecular flexibility index (Phi) is 6.17. The van der Waals surface area contributed by atoms with Crippen LogP contribution >= 0.6 is 0 Å². The molecule has 2 aliphatic rings. The number of aromatic nitrogens is 4. The molecule has 2 fully saturated rings. The molecule has 0 bridgehead atoms. The standard InChI is InChI=1S/C25H26FN7O2/c1-16-9-23(31(2)30-16)21-13-24(29-15-28-21)32-6-3-18(4-7-32)25(34)33-22(5-8-35-33)19-10-17(14-27)11-20(26)12-19/h9-13,15,18,22H,3-8H2,1-2H3/t22-/m0/s1. The minimum Gasteiger partial charge on any atom is -0.356 e. The van der Waals surface area contributed by atoms with Crippen molar-refractivity contribution in [1.29, 1.82) is 5.26 Å². The van der Waals surface area contributed by atoms with Gasteiger partial charge in [0.15, 0.2) is 0 Å². The zero-order valence-corrected chi connectivity index (χ0v) is 19.7. The molecule has 0 N–H and O–H groups in total. The van der Waals surface area contributed by atoms with Crippen molar-refractivity contribution in [3.8, 4) is 17.5 Å². The number of nitrogens with zero attached hydrogens (tertiary/aromatic N) is 7. The minimum absolute atomic E-state index is 0.0938. The van der Waals surface area contributed by atoms with Gasteiger partial charge in [-0.2, -0.15) is 10.4 Å². The molecule has 1 amide bonds. The summed E-state index contributed by atoms with van der Waals surface area (Å²) in [6.45, 7) is 3.67. The lowest BCUT2D eigenvalue weighted by atomic mass is 9.94. The molecule has 1 atom stereocenters. The number of hydroxylamine groups is 2. The van der Waals surface area contributed by atoms with Crippen molar-refractivity contribution in [2.75, 3.05) is 24.6 Å². The molecule has 10 heteroatoms. The van der Waals surface area contributed by atoms with Gasteiger partial charge in [0.25, 0.3) is 0 Å². The third kappa shape index (κ3) is 4.59. The lowest BCUT2D eigenvalue weighted by Crippen LogP contribution is -2.42. The Balaban J connectivity index is 1.26. The third-order valence-electron chi connectivity index (χ3n) is 6.64. The monoisotopic (exact) mass is 475 g/mol. The summed E-state index contributed by atoms with van der Waals surface area (Å²) >= 11 is 0. The number of rotatable bonds is 4. The van der Waals surface area contributed by atoms with Crippen molar-refractivity contribution >= 4 is 11.7 Å². The molecule has 0 aliphatic carbocycles. The Morgan fingerprint density at radius 3 is 2.66 bits per heavy atom. The van der Waals surface area contributed by atoms with Crippen LogP contribution in [0.1, 0.15) is 42.1 Å². The molecule has 1 aromatic carbocycles. The number of hydrogen-bond donors (Lipinski definition) is 0. The highest BCUT2D eigenvalue weighted by atomic mass is 19.1.